The minimum absolute atomic E-state index is 0.145. The predicted octanol–water partition coefficient (Wildman–Crippen LogP) is 3.68. The van der Waals surface area contributed by atoms with Crippen molar-refractivity contribution in [3.63, 3.8) is 0 Å². The number of nitrogens with zero attached hydrogens (tertiary/aromatic N) is 2. The highest BCUT2D eigenvalue weighted by molar-refractivity contribution is 6.35. The van der Waals surface area contributed by atoms with Crippen molar-refractivity contribution in [1.29, 1.82) is 0 Å². The molecule has 2 aromatic carbocycles. The first-order valence-corrected chi connectivity index (χ1v) is 7.13. The monoisotopic (exact) mass is 351 g/mol. The zero-order valence-corrected chi connectivity index (χ0v) is 13.1. The highest BCUT2D eigenvalue weighted by Crippen LogP contribution is 2.28. The van der Waals surface area contributed by atoms with Gasteiger partial charge in [-0.15, -0.1) is 0 Å². The molecule has 2 rings (SSSR count). The molecule has 6 nitrogen and oxygen atoms in total. The fraction of sp³-hybridized carbons (Fsp3) is 0.0667. The Labute approximate surface area is 141 Å². The number of nitrogens with two attached hydrogens (primary N) is 1. The quantitative estimate of drug-likeness (QED) is 0.632. The summed E-state index contributed by atoms with van der Waals surface area (Å²) in [4.78, 5) is 23.3. The molecule has 1 unspecified atom stereocenters. The van der Waals surface area contributed by atoms with Crippen LogP contribution in [-0.4, -0.2) is 23.0 Å². The number of hydrogen-bond acceptors (Lipinski definition) is 5. The van der Waals surface area contributed by atoms with Crippen LogP contribution in [0.3, 0.4) is 0 Å². The lowest BCUT2D eigenvalue weighted by molar-refractivity contribution is -0.138. The van der Waals surface area contributed by atoms with Gasteiger partial charge in [0.15, 0.2) is 5.78 Å². The Bertz CT molecular complexity index is 793. The molecule has 0 saturated carbocycles. The molecule has 0 aliphatic carbocycles. The zero-order chi connectivity index (χ0) is 17.0. The SMILES string of the molecule is NC(/N=N/c1ccc(Cl)cc1C(=O)c1ccccc1Cl)C(=O)O. The van der Waals surface area contributed by atoms with Gasteiger partial charge in [-0.1, -0.05) is 35.3 Å². The number of ketones is 1. The Morgan fingerprint density at radius 1 is 1.09 bits per heavy atom. The zero-order valence-electron chi connectivity index (χ0n) is 11.6. The summed E-state index contributed by atoms with van der Waals surface area (Å²) < 4.78 is 0. The van der Waals surface area contributed by atoms with Gasteiger partial charge in [0.05, 0.1) is 16.3 Å². The van der Waals surface area contributed by atoms with Gasteiger partial charge in [-0.3, -0.25) is 10.5 Å². The summed E-state index contributed by atoms with van der Waals surface area (Å²) in [6.45, 7) is 0. The van der Waals surface area contributed by atoms with Gasteiger partial charge in [0, 0.05) is 10.6 Å². The molecule has 0 fully saturated rings. The van der Waals surface area contributed by atoms with E-state index in [4.69, 9.17) is 34.0 Å². The van der Waals surface area contributed by atoms with Crippen molar-refractivity contribution < 1.29 is 14.7 Å². The third kappa shape index (κ3) is 4.13. The van der Waals surface area contributed by atoms with Crippen LogP contribution in [0.2, 0.25) is 10.0 Å². The Hall–Kier alpha value is -2.28. The number of rotatable bonds is 5. The average Bonchev–Trinajstić information content (AvgIpc) is 2.53. The van der Waals surface area contributed by atoms with Gasteiger partial charge in [-0.05, 0) is 30.3 Å². The normalized spacial score (nSPS) is 12.3. The number of azo groups is 1. The summed E-state index contributed by atoms with van der Waals surface area (Å²) in [5, 5.41) is 16.5. The lowest BCUT2D eigenvalue weighted by atomic mass is 10.0. The molecule has 0 radical (unpaired) electrons. The molecule has 0 amide bonds. The largest absolute Gasteiger partial charge is 0.479 e. The van der Waals surface area contributed by atoms with Gasteiger partial charge in [-0.2, -0.15) is 10.2 Å². The molecule has 0 aliphatic rings. The molecule has 0 heterocycles. The van der Waals surface area contributed by atoms with Crippen LogP contribution in [0.25, 0.3) is 0 Å². The number of carbonyl (C=O) groups excluding carboxylic acids is 1. The van der Waals surface area contributed by atoms with E-state index in [1.165, 1.54) is 18.2 Å². The van der Waals surface area contributed by atoms with E-state index in [1.54, 1.807) is 24.3 Å². The van der Waals surface area contributed by atoms with E-state index in [1.807, 2.05) is 0 Å². The van der Waals surface area contributed by atoms with Crippen molar-refractivity contribution in [2.45, 2.75) is 6.17 Å². The number of hydrogen-bond donors (Lipinski definition) is 2. The van der Waals surface area contributed by atoms with E-state index in [0.29, 0.717) is 5.02 Å². The molecule has 0 bridgehead atoms. The van der Waals surface area contributed by atoms with Crippen LogP contribution in [0, 0.1) is 0 Å². The van der Waals surface area contributed by atoms with Crippen LogP contribution in [0.1, 0.15) is 15.9 Å². The number of carbonyl (C=O) groups is 2. The molecule has 0 aliphatic heterocycles. The molecule has 23 heavy (non-hydrogen) atoms. The second-order valence-corrected chi connectivity index (χ2v) is 5.31. The van der Waals surface area contributed by atoms with Crippen molar-refractivity contribution in [2.24, 2.45) is 16.0 Å². The summed E-state index contributed by atoms with van der Waals surface area (Å²) in [6, 6.07) is 10.9. The van der Waals surface area contributed by atoms with Crippen LogP contribution in [-0.2, 0) is 4.79 Å². The minimum Gasteiger partial charge on any atom is -0.479 e. The van der Waals surface area contributed by atoms with Gasteiger partial charge in [0.1, 0.15) is 0 Å². The van der Waals surface area contributed by atoms with Crippen LogP contribution in [0.15, 0.2) is 52.7 Å². The van der Waals surface area contributed by atoms with Crippen LogP contribution in [0.5, 0.6) is 0 Å². The smallest absolute Gasteiger partial charge is 0.345 e. The number of halogens is 2. The molecule has 2 aromatic rings. The van der Waals surface area contributed by atoms with Crippen molar-refractivity contribution in [3.8, 4) is 0 Å². The van der Waals surface area contributed by atoms with Gasteiger partial charge >= 0.3 is 5.97 Å². The highest BCUT2D eigenvalue weighted by Gasteiger charge is 2.17. The van der Waals surface area contributed by atoms with Gasteiger partial charge in [-0.25, -0.2) is 4.79 Å². The second kappa shape index (κ2) is 7.32. The highest BCUT2D eigenvalue weighted by atomic mass is 35.5. The molecular formula is C15H11Cl2N3O3. The van der Waals surface area contributed by atoms with E-state index in [-0.39, 0.29) is 21.8 Å². The first kappa shape index (κ1) is 17.1. The Morgan fingerprint density at radius 3 is 2.43 bits per heavy atom. The number of aliphatic carboxylic acids is 1. The molecule has 8 heteroatoms. The van der Waals surface area contributed by atoms with Crippen LogP contribution >= 0.6 is 23.2 Å². The number of carboxylic acid groups (broad SMARTS) is 1. The lowest BCUT2D eigenvalue weighted by Crippen LogP contribution is -2.27. The standard InChI is InChI=1S/C15H11Cl2N3O3/c16-8-5-6-12(19-20-14(18)15(22)23)10(7-8)13(21)9-3-1-2-4-11(9)17/h1-7,14H,18H2,(H,22,23)/b20-19+. The van der Waals surface area contributed by atoms with E-state index >= 15 is 0 Å². The molecule has 118 valence electrons. The Balaban J connectivity index is 2.46. The average molecular weight is 352 g/mol. The molecule has 1 atom stereocenters. The third-order valence-electron chi connectivity index (χ3n) is 2.86. The summed E-state index contributed by atoms with van der Waals surface area (Å²) in [5.41, 5.74) is 5.83. The van der Waals surface area contributed by atoms with Crippen molar-refractivity contribution in [3.05, 3.63) is 63.6 Å². The van der Waals surface area contributed by atoms with E-state index in [9.17, 15) is 9.59 Å². The van der Waals surface area contributed by atoms with E-state index < -0.39 is 17.9 Å². The third-order valence-corrected chi connectivity index (χ3v) is 3.43. The first-order valence-electron chi connectivity index (χ1n) is 6.38. The molecule has 0 spiro atoms. The van der Waals surface area contributed by atoms with Crippen molar-refractivity contribution >= 4 is 40.6 Å². The summed E-state index contributed by atoms with van der Waals surface area (Å²) >= 11 is 11.9. The minimum atomic E-state index is -1.52. The molecule has 0 aromatic heterocycles. The maximum absolute atomic E-state index is 12.6. The summed E-state index contributed by atoms with van der Waals surface area (Å²) in [5.74, 6) is -1.74. The molecule has 0 saturated heterocycles. The summed E-state index contributed by atoms with van der Waals surface area (Å²) in [6.07, 6.45) is -1.52. The number of carboxylic acids is 1. The van der Waals surface area contributed by atoms with Crippen molar-refractivity contribution in [2.75, 3.05) is 0 Å². The lowest BCUT2D eigenvalue weighted by Gasteiger charge is -2.07. The fourth-order valence-corrected chi connectivity index (χ4v) is 2.14. The molecular weight excluding hydrogens is 341 g/mol. The first-order chi connectivity index (χ1) is 10.9. The summed E-state index contributed by atoms with van der Waals surface area (Å²) in [7, 11) is 0. The Kier molecular flexibility index (Phi) is 5.44. The van der Waals surface area contributed by atoms with Crippen LogP contribution in [0.4, 0.5) is 5.69 Å². The Morgan fingerprint density at radius 2 is 1.78 bits per heavy atom. The van der Waals surface area contributed by atoms with E-state index in [0.717, 1.165) is 0 Å². The van der Waals surface area contributed by atoms with Gasteiger partial charge in [0.25, 0.3) is 0 Å². The predicted molar refractivity (Wildman–Crippen MR) is 86.5 cm³/mol. The maximum Gasteiger partial charge on any atom is 0.345 e. The number of benzene rings is 2. The van der Waals surface area contributed by atoms with Crippen LogP contribution < -0.4 is 5.73 Å². The second-order valence-electron chi connectivity index (χ2n) is 4.47. The molecule has 3 N–H and O–H groups in total. The van der Waals surface area contributed by atoms with Crippen molar-refractivity contribution in [1.82, 2.24) is 0 Å². The van der Waals surface area contributed by atoms with E-state index in [2.05, 4.69) is 10.2 Å². The van der Waals surface area contributed by atoms with Gasteiger partial charge in [0.2, 0.25) is 6.17 Å². The fourth-order valence-electron chi connectivity index (χ4n) is 1.74. The topological polar surface area (TPSA) is 105 Å². The maximum atomic E-state index is 12.6. The van der Waals surface area contributed by atoms with Gasteiger partial charge < -0.3 is 5.11 Å².